The van der Waals surface area contributed by atoms with Gasteiger partial charge < -0.3 is 9.47 Å². The van der Waals surface area contributed by atoms with Crippen molar-refractivity contribution in [2.24, 2.45) is 0 Å². The molecule has 40 heavy (non-hydrogen) atoms. The van der Waals surface area contributed by atoms with Crippen LogP contribution in [0.4, 0.5) is 0 Å². The largest absolute Gasteiger partial charge is 0.457 e. The first-order valence-electron chi connectivity index (χ1n) is 13.4. The number of ether oxygens (including phenoxy) is 2. The second-order valence-electron chi connectivity index (χ2n) is 9.71. The Labute approximate surface area is 244 Å². The zero-order chi connectivity index (χ0) is 28.2. The highest BCUT2D eigenvalue weighted by molar-refractivity contribution is 7.10. The van der Waals surface area contributed by atoms with Gasteiger partial charge in [-0.3, -0.25) is 9.80 Å². The maximum Gasteiger partial charge on any atom is 0.417 e. The molecule has 4 rings (SSSR count). The summed E-state index contributed by atoms with van der Waals surface area (Å²) in [4.78, 5) is 31.7. The first-order valence-corrected chi connectivity index (χ1v) is 15.2. The monoisotopic (exact) mass is 576 g/mol. The van der Waals surface area contributed by atoms with Crippen molar-refractivity contribution in [1.29, 1.82) is 0 Å². The molecule has 2 atom stereocenters. The average Bonchev–Trinajstić information content (AvgIpc) is 3.69. The van der Waals surface area contributed by atoms with Crippen molar-refractivity contribution in [2.45, 2.75) is 38.0 Å². The third-order valence-electron chi connectivity index (χ3n) is 6.77. The van der Waals surface area contributed by atoms with Crippen molar-refractivity contribution in [1.82, 2.24) is 9.80 Å². The quantitative estimate of drug-likeness (QED) is 0.123. The molecule has 0 amide bonds. The number of nitrogens with zero attached hydrogens (tertiary/aromatic N) is 2. The number of carbonyl (C=O) groups excluding carboxylic acids is 2. The Kier molecular flexibility index (Phi) is 11.5. The smallest absolute Gasteiger partial charge is 0.417 e. The van der Waals surface area contributed by atoms with Crippen molar-refractivity contribution >= 4 is 34.6 Å². The van der Waals surface area contributed by atoms with Crippen LogP contribution in [0, 0.1) is 0 Å². The summed E-state index contributed by atoms with van der Waals surface area (Å²) in [5.74, 6) is -1.89. The molecule has 210 valence electrons. The molecule has 0 aliphatic rings. The molecule has 6 nitrogen and oxygen atoms in total. The number of carbonyl (C=O) groups is 2. The molecule has 0 radical (unpaired) electrons. The van der Waals surface area contributed by atoms with Crippen molar-refractivity contribution in [3.63, 3.8) is 0 Å². The zero-order valence-electron chi connectivity index (χ0n) is 23.0. The molecule has 0 N–H and O–H groups in total. The average molecular weight is 577 g/mol. The van der Waals surface area contributed by atoms with Crippen LogP contribution < -0.4 is 0 Å². The fraction of sp³-hybridized carbons (Fsp3) is 0.312. The van der Waals surface area contributed by atoms with E-state index in [1.165, 1.54) is 20.9 Å². The van der Waals surface area contributed by atoms with Crippen LogP contribution in [0.15, 0.2) is 95.7 Å². The Bertz CT molecular complexity index is 1180. The molecule has 8 heteroatoms. The van der Waals surface area contributed by atoms with Gasteiger partial charge in [-0.25, -0.2) is 9.59 Å². The predicted molar refractivity (Wildman–Crippen MR) is 161 cm³/mol. The minimum Gasteiger partial charge on any atom is -0.457 e. The molecule has 0 saturated heterocycles. The van der Waals surface area contributed by atoms with E-state index in [9.17, 15) is 9.59 Å². The van der Waals surface area contributed by atoms with Gasteiger partial charge in [-0.1, -0.05) is 72.8 Å². The van der Waals surface area contributed by atoms with Gasteiger partial charge in [0, 0.05) is 47.8 Å². The Morgan fingerprint density at radius 3 is 1.38 bits per heavy atom. The molecule has 2 aromatic carbocycles. The Balaban J connectivity index is 1.25. The summed E-state index contributed by atoms with van der Waals surface area (Å²) in [5.41, 5.74) is 2.42. The topological polar surface area (TPSA) is 59.1 Å². The third-order valence-corrected chi connectivity index (χ3v) is 8.72. The van der Waals surface area contributed by atoms with Gasteiger partial charge >= 0.3 is 11.9 Å². The van der Waals surface area contributed by atoms with E-state index < -0.39 is 11.9 Å². The summed E-state index contributed by atoms with van der Waals surface area (Å²) in [6, 6.07) is 28.9. The minimum absolute atomic E-state index is 0.0655. The van der Waals surface area contributed by atoms with Crippen molar-refractivity contribution in [3.8, 4) is 0 Å². The van der Waals surface area contributed by atoms with Gasteiger partial charge in [0.1, 0.15) is 0 Å². The molecule has 0 saturated carbocycles. The van der Waals surface area contributed by atoms with Crippen molar-refractivity contribution in [2.75, 3.05) is 27.3 Å². The first-order chi connectivity index (χ1) is 19.5. The van der Waals surface area contributed by atoms with Crippen molar-refractivity contribution in [3.05, 3.63) is 117 Å². The normalized spacial score (nSPS) is 12.8. The standard InChI is InChI=1S/C32H36N2O4S2/c1-33(23-25-11-5-3-6-12-25)27(29-15-9-21-39-29)17-19-37-31(35)32(36)38-20-18-28(30-16-10-22-40-30)34(2)24-26-13-7-4-8-14-26/h3-16,21-22,27-28H,17-20,23-24H2,1-2H3/t27-,28-/m0/s1. The van der Waals surface area contributed by atoms with Crippen LogP contribution in [0.25, 0.3) is 0 Å². The van der Waals surface area contributed by atoms with Crippen LogP contribution in [-0.4, -0.2) is 49.0 Å². The number of rotatable bonds is 14. The highest BCUT2D eigenvalue weighted by Crippen LogP contribution is 2.30. The van der Waals surface area contributed by atoms with Gasteiger partial charge in [-0.2, -0.15) is 0 Å². The Morgan fingerprint density at radius 2 is 1.02 bits per heavy atom. The van der Waals surface area contributed by atoms with Crippen LogP contribution in [0.5, 0.6) is 0 Å². The molecule has 0 aliphatic heterocycles. The van der Waals surface area contributed by atoms with E-state index in [-0.39, 0.29) is 25.3 Å². The lowest BCUT2D eigenvalue weighted by molar-refractivity contribution is -0.168. The minimum atomic E-state index is -0.944. The van der Waals surface area contributed by atoms with Crippen LogP contribution in [0.2, 0.25) is 0 Å². The third kappa shape index (κ3) is 8.86. The lowest BCUT2D eigenvalue weighted by atomic mass is 10.1. The van der Waals surface area contributed by atoms with Gasteiger partial charge in [0.25, 0.3) is 0 Å². The van der Waals surface area contributed by atoms with E-state index in [2.05, 4.69) is 60.3 Å². The number of benzene rings is 2. The van der Waals surface area contributed by atoms with Crippen LogP contribution >= 0.6 is 22.7 Å². The van der Waals surface area contributed by atoms with E-state index in [0.717, 1.165) is 13.1 Å². The SMILES string of the molecule is CN(Cc1ccccc1)[C@@H](CCOC(=O)C(=O)OCC[C@@H](c1cccs1)N(C)Cc1ccccc1)c1cccs1. The van der Waals surface area contributed by atoms with Gasteiger partial charge in [0.05, 0.1) is 13.2 Å². The highest BCUT2D eigenvalue weighted by atomic mass is 32.1. The van der Waals surface area contributed by atoms with E-state index in [1.54, 1.807) is 22.7 Å². The summed E-state index contributed by atoms with van der Waals surface area (Å²) < 4.78 is 10.7. The van der Waals surface area contributed by atoms with E-state index in [4.69, 9.17) is 9.47 Å². The van der Waals surface area contributed by atoms with Gasteiger partial charge in [0.2, 0.25) is 0 Å². The second-order valence-corrected chi connectivity index (χ2v) is 11.7. The van der Waals surface area contributed by atoms with Crippen molar-refractivity contribution < 1.29 is 19.1 Å². The molecular weight excluding hydrogens is 540 g/mol. The number of hydrogen-bond acceptors (Lipinski definition) is 8. The molecule has 0 bridgehead atoms. The lowest BCUT2D eigenvalue weighted by Gasteiger charge is -2.27. The Hall–Kier alpha value is -3.30. The molecule has 0 spiro atoms. The molecule has 0 aliphatic carbocycles. The molecule has 4 aromatic rings. The maximum atomic E-state index is 12.4. The van der Waals surface area contributed by atoms with E-state index in [1.807, 2.05) is 59.3 Å². The fourth-order valence-electron chi connectivity index (χ4n) is 4.73. The summed E-state index contributed by atoms with van der Waals surface area (Å²) >= 11 is 3.35. The number of hydrogen-bond donors (Lipinski definition) is 0. The highest BCUT2D eigenvalue weighted by Gasteiger charge is 2.23. The first kappa shape index (κ1) is 29.7. The zero-order valence-corrected chi connectivity index (χ0v) is 24.6. The van der Waals surface area contributed by atoms with Crippen LogP contribution in [0.3, 0.4) is 0 Å². The predicted octanol–water partition coefficient (Wildman–Crippen LogP) is 6.72. The molecule has 0 unspecified atom stereocenters. The van der Waals surface area contributed by atoms with E-state index in [0.29, 0.717) is 12.8 Å². The second kappa shape index (κ2) is 15.5. The van der Waals surface area contributed by atoms with Gasteiger partial charge in [-0.15, -0.1) is 22.7 Å². The van der Waals surface area contributed by atoms with Crippen LogP contribution in [-0.2, 0) is 32.2 Å². The fourth-order valence-corrected chi connectivity index (χ4v) is 6.58. The molecule has 2 heterocycles. The Morgan fingerprint density at radius 1 is 0.625 bits per heavy atom. The molecule has 2 aromatic heterocycles. The summed E-state index contributed by atoms with van der Waals surface area (Å²) in [5, 5.41) is 4.09. The molecular formula is C32H36N2O4S2. The van der Waals surface area contributed by atoms with Crippen LogP contribution in [0.1, 0.15) is 45.8 Å². The maximum absolute atomic E-state index is 12.4. The van der Waals surface area contributed by atoms with Gasteiger partial charge in [0.15, 0.2) is 0 Å². The molecule has 0 fully saturated rings. The van der Waals surface area contributed by atoms with Gasteiger partial charge in [-0.05, 0) is 48.1 Å². The number of esters is 2. The summed E-state index contributed by atoms with van der Waals surface area (Å²) in [7, 11) is 4.12. The van der Waals surface area contributed by atoms with E-state index >= 15 is 0 Å². The lowest BCUT2D eigenvalue weighted by Crippen LogP contribution is -2.28. The summed E-state index contributed by atoms with van der Waals surface area (Å²) in [6.45, 7) is 1.80. The number of thiophene rings is 2. The summed E-state index contributed by atoms with van der Waals surface area (Å²) in [6.07, 6.45) is 1.15.